The maximum Gasteiger partial charge on any atom is 0.108 e. The molecule has 0 bridgehead atoms. The summed E-state index contributed by atoms with van der Waals surface area (Å²) in [7, 11) is 0. The van der Waals surface area contributed by atoms with E-state index in [0.717, 1.165) is 6.42 Å². The van der Waals surface area contributed by atoms with E-state index in [0.29, 0.717) is 18.2 Å². The summed E-state index contributed by atoms with van der Waals surface area (Å²) in [6.07, 6.45) is 0.978. The smallest absolute Gasteiger partial charge is 0.108 e. The molecule has 4 heteroatoms. The minimum absolute atomic E-state index is 0.0705. The molecule has 0 aromatic carbocycles. The van der Waals surface area contributed by atoms with Crippen LogP contribution in [0.4, 0.5) is 0 Å². The van der Waals surface area contributed by atoms with Crippen LogP contribution in [-0.2, 0) is 9.47 Å². The summed E-state index contributed by atoms with van der Waals surface area (Å²) in [5.41, 5.74) is 5.44. The SMILES string of the molecule is CCC(OC1COC1)C(N)=S. The lowest BCUT2D eigenvalue weighted by Gasteiger charge is -2.29. The van der Waals surface area contributed by atoms with Gasteiger partial charge < -0.3 is 15.2 Å². The zero-order valence-corrected chi connectivity index (χ0v) is 7.39. The highest BCUT2D eigenvalue weighted by Crippen LogP contribution is 2.10. The molecule has 11 heavy (non-hydrogen) atoms. The molecule has 0 spiro atoms. The normalized spacial score (nSPS) is 20.8. The van der Waals surface area contributed by atoms with Gasteiger partial charge in [-0.3, -0.25) is 0 Å². The molecule has 0 aromatic heterocycles. The molecule has 0 aromatic rings. The molecule has 0 amide bonds. The molecule has 1 fully saturated rings. The maximum atomic E-state index is 5.51. The van der Waals surface area contributed by atoms with Gasteiger partial charge in [0.15, 0.2) is 0 Å². The van der Waals surface area contributed by atoms with Gasteiger partial charge in [-0.2, -0.15) is 0 Å². The summed E-state index contributed by atoms with van der Waals surface area (Å²) in [5.74, 6) is 0. The third kappa shape index (κ3) is 2.39. The van der Waals surface area contributed by atoms with Gasteiger partial charge in [0, 0.05) is 0 Å². The van der Waals surface area contributed by atoms with E-state index >= 15 is 0 Å². The number of rotatable bonds is 4. The molecule has 1 atom stereocenters. The Morgan fingerprint density at radius 1 is 1.82 bits per heavy atom. The van der Waals surface area contributed by atoms with E-state index in [1.807, 2.05) is 6.92 Å². The fourth-order valence-electron chi connectivity index (χ4n) is 0.889. The Bertz CT molecular complexity index is 147. The fraction of sp³-hybridized carbons (Fsp3) is 0.857. The Labute approximate surface area is 71.8 Å². The quantitative estimate of drug-likeness (QED) is 0.631. The number of nitrogens with two attached hydrogens (primary N) is 1. The molecule has 1 saturated heterocycles. The van der Waals surface area contributed by atoms with E-state index in [9.17, 15) is 0 Å². The first-order valence-corrected chi connectivity index (χ1v) is 4.17. The molecular weight excluding hydrogens is 162 g/mol. The van der Waals surface area contributed by atoms with Crippen LogP contribution in [-0.4, -0.2) is 30.4 Å². The first kappa shape index (κ1) is 8.90. The van der Waals surface area contributed by atoms with Crippen molar-refractivity contribution in [3.05, 3.63) is 0 Å². The summed E-state index contributed by atoms with van der Waals surface area (Å²) in [5, 5.41) is 0. The Morgan fingerprint density at radius 2 is 2.45 bits per heavy atom. The minimum Gasteiger partial charge on any atom is -0.391 e. The molecule has 1 aliphatic heterocycles. The number of hydrogen-bond donors (Lipinski definition) is 1. The second kappa shape index (κ2) is 3.99. The third-order valence-corrected chi connectivity index (χ3v) is 1.92. The van der Waals surface area contributed by atoms with Gasteiger partial charge >= 0.3 is 0 Å². The summed E-state index contributed by atoms with van der Waals surface area (Å²) in [6.45, 7) is 3.36. The van der Waals surface area contributed by atoms with Crippen molar-refractivity contribution in [1.29, 1.82) is 0 Å². The number of thiocarbonyl (C=S) groups is 1. The highest BCUT2D eigenvalue weighted by atomic mass is 32.1. The van der Waals surface area contributed by atoms with Crippen LogP contribution < -0.4 is 5.73 Å². The molecule has 2 N–H and O–H groups in total. The van der Waals surface area contributed by atoms with Crippen LogP contribution >= 0.6 is 12.2 Å². The van der Waals surface area contributed by atoms with Crippen LogP contribution in [0.25, 0.3) is 0 Å². The van der Waals surface area contributed by atoms with Gasteiger partial charge in [0.25, 0.3) is 0 Å². The predicted molar refractivity (Wildman–Crippen MR) is 46.6 cm³/mol. The first-order chi connectivity index (χ1) is 5.24. The summed E-state index contributed by atoms with van der Waals surface area (Å²) < 4.78 is 10.5. The lowest BCUT2D eigenvalue weighted by Crippen LogP contribution is -2.42. The molecule has 0 aliphatic carbocycles. The van der Waals surface area contributed by atoms with Crippen LogP contribution in [0.1, 0.15) is 13.3 Å². The monoisotopic (exact) mass is 175 g/mol. The average molecular weight is 175 g/mol. The summed E-state index contributed by atoms with van der Waals surface area (Å²) >= 11 is 4.82. The Morgan fingerprint density at radius 3 is 2.73 bits per heavy atom. The molecule has 1 unspecified atom stereocenters. The molecule has 0 saturated carbocycles. The lowest BCUT2D eigenvalue weighted by atomic mass is 10.2. The highest BCUT2D eigenvalue weighted by molar-refractivity contribution is 7.80. The van der Waals surface area contributed by atoms with E-state index in [4.69, 9.17) is 27.4 Å². The van der Waals surface area contributed by atoms with E-state index in [1.54, 1.807) is 0 Å². The van der Waals surface area contributed by atoms with E-state index in [1.165, 1.54) is 0 Å². The fourth-order valence-corrected chi connectivity index (χ4v) is 1.11. The summed E-state index contributed by atoms with van der Waals surface area (Å²) in [4.78, 5) is 0.444. The molecular formula is C7H13NO2S. The van der Waals surface area contributed by atoms with Gasteiger partial charge in [-0.15, -0.1) is 0 Å². The van der Waals surface area contributed by atoms with Crippen molar-refractivity contribution >= 4 is 17.2 Å². The van der Waals surface area contributed by atoms with Crippen LogP contribution in [0, 0.1) is 0 Å². The van der Waals surface area contributed by atoms with Crippen molar-refractivity contribution in [2.45, 2.75) is 25.6 Å². The molecule has 64 valence electrons. The maximum absolute atomic E-state index is 5.51. The van der Waals surface area contributed by atoms with Gasteiger partial charge in [0.2, 0.25) is 0 Å². The van der Waals surface area contributed by atoms with Gasteiger partial charge in [-0.25, -0.2) is 0 Å². The molecule has 3 nitrogen and oxygen atoms in total. The van der Waals surface area contributed by atoms with E-state index in [-0.39, 0.29) is 12.2 Å². The largest absolute Gasteiger partial charge is 0.391 e. The second-order valence-corrected chi connectivity index (χ2v) is 3.07. The number of hydrogen-bond acceptors (Lipinski definition) is 3. The van der Waals surface area contributed by atoms with Crippen LogP contribution in [0.5, 0.6) is 0 Å². The lowest BCUT2D eigenvalue weighted by molar-refractivity contribution is -0.140. The Hall–Kier alpha value is -0.190. The van der Waals surface area contributed by atoms with Crippen molar-refractivity contribution < 1.29 is 9.47 Å². The van der Waals surface area contributed by atoms with Gasteiger partial charge in [0.05, 0.1) is 13.2 Å². The predicted octanol–water partition coefficient (Wildman–Crippen LogP) is 0.467. The van der Waals surface area contributed by atoms with Crippen LogP contribution in [0.3, 0.4) is 0 Å². The molecule has 0 radical (unpaired) electrons. The van der Waals surface area contributed by atoms with Crippen molar-refractivity contribution in [2.24, 2.45) is 5.73 Å². The van der Waals surface area contributed by atoms with Crippen molar-refractivity contribution in [3.63, 3.8) is 0 Å². The van der Waals surface area contributed by atoms with Gasteiger partial charge in [-0.05, 0) is 6.42 Å². The molecule has 1 rings (SSSR count). The Balaban J connectivity index is 2.24. The summed E-state index contributed by atoms with van der Waals surface area (Å²) in [6, 6.07) is 0. The van der Waals surface area contributed by atoms with Crippen molar-refractivity contribution in [3.8, 4) is 0 Å². The standard InChI is InChI=1S/C7H13NO2S/c1-2-6(7(8)11)10-5-3-9-4-5/h5-6H,2-4H2,1H3,(H2,8,11). The molecule has 1 aliphatic rings. The average Bonchev–Trinajstić information content (AvgIpc) is 1.85. The van der Waals surface area contributed by atoms with Crippen LogP contribution in [0.15, 0.2) is 0 Å². The number of ether oxygens (including phenoxy) is 2. The minimum atomic E-state index is -0.0705. The topological polar surface area (TPSA) is 44.5 Å². The van der Waals surface area contributed by atoms with Crippen molar-refractivity contribution in [2.75, 3.05) is 13.2 Å². The first-order valence-electron chi connectivity index (χ1n) is 3.76. The zero-order valence-electron chi connectivity index (χ0n) is 6.58. The second-order valence-electron chi connectivity index (χ2n) is 2.59. The zero-order chi connectivity index (χ0) is 8.27. The highest BCUT2D eigenvalue weighted by Gasteiger charge is 2.23. The Kier molecular flexibility index (Phi) is 3.23. The van der Waals surface area contributed by atoms with E-state index in [2.05, 4.69) is 0 Å². The third-order valence-electron chi connectivity index (χ3n) is 1.65. The molecule has 1 heterocycles. The van der Waals surface area contributed by atoms with Gasteiger partial charge in [-0.1, -0.05) is 19.1 Å². The van der Waals surface area contributed by atoms with Crippen LogP contribution in [0.2, 0.25) is 0 Å². The van der Waals surface area contributed by atoms with Crippen molar-refractivity contribution in [1.82, 2.24) is 0 Å². The van der Waals surface area contributed by atoms with Gasteiger partial charge in [0.1, 0.15) is 17.2 Å². The van der Waals surface area contributed by atoms with E-state index < -0.39 is 0 Å².